The molecular weight excluding hydrogens is 201 g/mol. The van der Waals surface area contributed by atoms with Gasteiger partial charge >= 0.3 is 11.4 Å². The Morgan fingerprint density at radius 2 is 2.18 bits per heavy atom. The summed E-state index contributed by atoms with van der Waals surface area (Å²) in [4.78, 5) is 10.4. The van der Waals surface area contributed by atoms with Gasteiger partial charge in [0, 0.05) is 0 Å². The van der Waals surface area contributed by atoms with Gasteiger partial charge in [-0.15, -0.1) is 11.6 Å². The molecule has 6 heteroatoms. The average molecular weight is 207 g/mol. The van der Waals surface area contributed by atoms with Gasteiger partial charge in [0.1, 0.15) is 5.38 Å². The average Bonchev–Trinajstić information content (AvgIpc) is 1.82. The van der Waals surface area contributed by atoms with Crippen molar-refractivity contribution in [2.24, 2.45) is 0 Å². The Hall–Kier alpha value is -0.0900. The highest BCUT2D eigenvalue weighted by molar-refractivity contribution is 6.31. The number of alkyl halides is 4. The number of carbonyl (C=O) groups excluding carboxylic acids is 1. The molecule has 0 bridgehead atoms. The molecule has 0 fully saturated rings. The molecule has 0 N–H and O–H groups in total. The highest BCUT2D eigenvalue weighted by atomic mass is 35.5. The predicted octanol–water partition coefficient (Wildman–Crippen LogP) is 1.99. The molecule has 0 saturated carbocycles. The molecule has 0 heterocycles. The summed E-state index contributed by atoms with van der Waals surface area (Å²) in [6, 6.07) is 0. The zero-order valence-electron chi connectivity index (χ0n) is 5.61. The van der Waals surface area contributed by atoms with Crippen LogP contribution in [0.25, 0.3) is 0 Å². The highest BCUT2D eigenvalue weighted by Gasteiger charge is 2.32. The van der Waals surface area contributed by atoms with Gasteiger partial charge in [-0.1, -0.05) is 0 Å². The van der Waals surface area contributed by atoms with E-state index in [-0.39, 0.29) is 0 Å². The van der Waals surface area contributed by atoms with E-state index in [2.05, 4.69) is 16.3 Å². The highest BCUT2D eigenvalue weighted by Crippen LogP contribution is 2.27. The Balaban J connectivity index is 3.87. The molecule has 1 unspecified atom stereocenters. The lowest BCUT2D eigenvalue weighted by Gasteiger charge is -2.10. The van der Waals surface area contributed by atoms with Gasteiger partial charge in [0.25, 0.3) is 0 Å². The minimum atomic E-state index is -3.46. The maximum absolute atomic E-state index is 11.9. The summed E-state index contributed by atoms with van der Waals surface area (Å²) in [5.41, 5.74) is 0. The van der Waals surface area contributed by atoms with Crippen LogP contribution in [-0.2, 0) is 9.53 Å². The van der Waals surface area contributed by atoms with E-state index in [1.807, 2.05) is 0 Å². The smallest absolute Gasteiger partial charge is 0.324 e. The van der Waals surface area contributed by atoms with Crippen LogP contribution in [0.1, 0.15) is 6.42 Å². The molecule has 0 amide bonds. The van der Waals surface area contributed by atoms with Gasteiger partial charge in [-0.25, -0.2) is 0 Å². The van der Waals surface area contributed by atoms with E-state index in [0.717, 1.165) is 7.11 Å². The predicted molar refractivity (Wildman–Crippen MR) is 37.1 cm³/mol. The molecule has 66 valence electrons. The molecule has 0 radical (unpaired) electrons. The summed E-state index contributed by atoms with van der Waals surface area (Å²) in [5, 5.41) is -4.85. The lowest BCUT2D eigenvalue weighted by atomic mass is 10.3. The first-order chi connectivity index (χ1) is 4.87. The van der Waals surface area contributed by atoms with Crippen LogP contribution in [0.3, 0.4) is 0 Å². The summed E-state index contributed by atoms with van der Waals surface area (Å²) in [7, 11) is 1.06. The van der Waals surface area contributed by atoms with Gasteiger partial charge in [0.15, 0.2) is 0 Å². The third-order valence-electron chi connectivity index (χ3n) is 0.868. The number of halogens is 4. The Labute approximate surface area is 72.4 Å². The van der Waals surface area contributed by atoms with Crippen LogP contribution in [0.2, 0.25) is 0 Å². The van der Waals surface area contributed by atoms with Crippen LogP contribution in [0.4, 0.5) is 8.78 Å². The number of esters is 1. The van der Waals surface area contributed by atoms with E-state index >= 15 is 0 Å². The minimum Gasteiger partial charge on any atom is -0.468 e. The number of hydrogen-bond acceptors (Lipinski definition) is 2. The molecule has 0 aromatic rings. The quantitative estimate of drug-likeness (QED) is 0.522. The Kier molecular flexibility index (Phi) is 4.03. The largest absolute Gasteiger partial charge is 0.468 e. The molecule has 0 saturated heterocycles. The summed E-state index contributed by atoms with van der Waals surface area (Å²) in [6.07, 6.45) is -0.928. The third-order valence-corrected chi connectivity index (χ3v) is 1.35. The summed E-state index contributed by atoms with van der Waals surface area (Å²) >= 11 is 9.68. The maximum Gasteiger partial charge on any atom is 0.324 e. The van der Waals surface area contributed by atoms with Crippen molar-refractivity contribution in [2.45, 2.75) is 17.2 Å². The van der Waals surface area contributed by atoms with Crippen molar-refractivity contribution in [1.29, 1.82) is 0 Å². The molecular formula is C5H6Cl2F2O2. The van der Waals surface area contributed by atoms with Crippen molar-refractivity contribution >= 4 is 29.2 Å². The van der Waals surface area contributed by atoms with Gasteiger partial charge in [0.2, 0.25) is 0 Å². The molecule has 11 heavy (non-hydrogen) atoms. The van der Waals surface area contributed by atoms with Crippen molar-refractivity contribution in [1.82, 2.24) is 0 Å². The molecule has 0 aromatic carbocycles. The van der Waals surface area contributed by atoms with E-state index in [4.69, 9.17) is 11.6 Å². The molecule has 0 aliphatic rings. The second-order valence-electron chi connectivity index (χ2n) is 1.81. The third kappa shape index (κ3) is 5.21. The number of ether oxygens (including phenoxy) is 1. The van der Waals surface area contributed by atoms with E-state index in [1.54, 1.807) is 0 Å². The van der Waals surface area contributed by atoms with Crippen LogP contribution in [-0.4, -0.2) is 23.8 Å². The van der Waals surface area contributed by atoms with Crippen molar-refractivity contribution in [3.8, 4) is 0 Å². The van der Waals surface area contributed by atoms with Crippen LogP contribution in [0.5, 0.6) is 0 Å². The maximum atomic E-state index is 11.9. The van der Waals surface area contributed by atoms with E-state index in [9.17, 15) is 13.6 Å². The first-order valence-electron chi connectivity index (χ1n) is 2.65. The number of methoxy groups -OCH3 is 1. The van der Waals surface area contributed by atoms with E-state index in [0.29, 0.717) is 0 Å². The second kappa shape index (κ2) is 4.07. The summed E-state index contributed by atoms with van der Waals surface area (Å²) in [5.74, 6) is -0.910. The van der Waals surface area contributed by atoms with Crippen LogP contribution in [0.15, 0.2) is 0 Å². The van der Waals surface area contributed by atoms with E-state index in [1.165, 1.54) is 0 Å². The molecule has 0 spiro atoms. The van der Waals surface area contributed by atoms with Crippen molar-refractivity contribution < 1.29 is 18.3 Å². The fraction of sp³-hybridized carbons (Fsp3) is 0.800. The SMILES string of the molecule is COC(=O)C(Cl)CC(F)(F)Cl. The molecule has 0 rings (SSSR count). The Morgan fingerprint density at radius 1 is 1.73 bits per heavy atom. The van der Waals surface area contributed by atoms with Crippen LogP contribution in [0, 0.1) is 0 Å². The fourth-order valence-electron chi connectivity index (χ4n) is 0.414. The standard InChI is InChI=1S/C5H6Cl2F2O2/c1-11-4(10)3(6)2-5(7,8)9/h3H,2H2,1H3. The molecule has 0 aromatic heterocycles. The first-order valence-corrected chi connectivity index (χ1v) is 3.47. The lowest BCUT2D eigenvalue weighted by molar-refractivity contribution is -0.141. The van der Waals surface area contributed by atoms with Gasteiger partial charge in [-0.3, -0.25) is 4.79 Å². The second-order valence-corrected chi connectivity index (χ2v) is 2.89. The molecule has 0 aliphatic carbocycles. The van der Waals surface area contributed by atoms with Gasteiger partial charge in [-0.2, -0.15) is 8.78 Å². The number of hydrogen-bond donors (Lipinski definition) is 0. The topological polar surface area (TPSA) is 26.3 Å². The normalized spacial score (nSPS) is 14.3. The van der Waals surface area contributed by atoms with Crippen molar-refractivity contribution in [3.63, 3.8) is 0 Å². The number of carbonyl (C=O) groups is 1. The fourth-order valence-corrected chi connectivity index (χ4v) is 0.931. The van der Waals surface area contributed by atoms with Gasteiger partial charge < -0.3 is 4.74 Å². The van der Waals surface area contributed by atoms with Crippen LogP contribution >= 0.6 is 23.2 Å². The summed E-state index contributed by atoms with van der Waals surface area (Å²) < 4.78 is 28.0. The molecule has 2 nitrogen and oxygen atoms in total. The van der Waals surface area contributed by atoms with Crippen LogP contribution < -0.4 is 0 Å². The van der Waals surface area contributed by atoms with Gasteiger partial charge in [-0.05, 0) is 11.6 Å². The zero-order chi connectivity index (χ0) is 9.07. The lowest BCUT2D eigenvalue weighted by Crippen LogP contribution is -2.23. The monoisotopic (exact) mass is 206 g/mol. The van der Waals surface area contributed by atoms with Crippen molar-refractivity contribution in [2.75, 3.05) is 7.11 Å². The first kappa shape index (κ1) is 10.9. The molecule has 1 atom stereocenters. The zero-order valence-corrected chi connectivity index (χ0v) is 7.12. The van der Waals surface area contributed by atoms with E-state index < -0.39 is 23.1 Å². The summed E-state index contributed by atoms with van der Waals surface area (Å²) in [6.45, 7) is 0. The number of rotatable bonds is 3. The Morgan fingerprint density at radius 3 is 2.45 bits per heavy atom. The minimum absolute atomic E-state index is 0.910. The molecule has 0 aliphatic heterocycles. The Bertz CT molecular complexity index is 146. The van der Waals surface area contributed by atoms with Crippen molar-refractivity contribution in [3.05, 3.63) is 0 Å². The van der Waals surface area contributed by atoms with Gasteiger partial charge in [0.05, 0.1) is 13.5 Å².